The van der Waals surface area contributed by atoms with Crippen LogP contribution in [0.5, 0.6) is 0 Å². The molecule has 1 amide bonds. The Kier molecular flexibility index (Phi) is 6.27. The van der Waals surface area contributed by atoms with Gasteiger partial charge in [0.05, 0.1) is 12.5 Å². The quantitative estimate of drug-likeness (QED) is 0.755. The molecule has 6 heteroatoms. The second-order valence-corrected chi connectivity index (χ2v) is 6.50. The number of aliphatic carboxylic acids is 1. The molecule has 1 heterocycles. The summed E-state index contributed by atoms with van der Waals surface area (Å²) in [6.45, 7) is 1.97. The number of benzene rings is 1. The van der Waals surface area contributed by atoms with Crippen molar-refractivity contribution in [3.05, 3.63) is 29.8 Å². The molecule has 0 aliphatic carbocycles. The lowest BCUT2D eigenvalue weighted by Crippen LogP contribution is -2.27. The first-order valence-electron chi connectivity index (χ1n) is 7.39. The topological polar surface area (TPSA) is 75.6 Å². The minimum Gasteiger partial charge on any atom is -0.481 e. The van der Waals surface area contributed by atoms with E-state index in [-0.39, 0.29) is 24.5 Å². The first-order valence-corrected chi connectivity index (χ1v) is 8.55. The maximum absolute atomic E-state index is 12.1. The lowest BCUT2D eigenvalue weighted by atomic mass is 10.2. The molecule has 2 unspecified atom stereocenters. The Morgan fingerprint density at radius 3 is 2.91 bits per heavy atom. The van der Waals surface area contributed by atoms with E-state index in [0.717, 1.165) is 29.8 Å². The van der Waals surface area contributed by atoms with E-state index in [0.29, 0.717) is 5.75 Å². The van der Waals surface area contributed by atoms with Crippen LogP contribution in [0, 0.1) is 0 Å². The molecule has 1 fully saturated rings. The van der Waals surface area contributed by atoms with Gasteiger partial charge in [-0.2, -0.15) is 11.8 Å². The van der Waals surface area contributed by atoms with Crippen LogP contribution >= 0.6 is 11.8 Å². The monoisotopic (exact) mass is 323 g/mol. The molecule has 1 aliphatic heterocycles. The fourth-order valence-electron chi connectivity index (χ4n) is 2.31. The van der Waals surface area contributed by atoms with E-state index in [1.807, 2.05) is 31.2 Å². The smallest absolute Gasteiger partial charge is 0.304 e. The third-order valence-corrected chi connectivity index (χ3v) is 4.48. The van der Waals surface area contributed by atoms with Crippen molar-refractivity contribution in [1.82, 2.24) is 0 Å². The summed E-state index contributed by atoms with van der Waals surface area (Å²) in [6.07, 6.45) is 1.63. The maximum Gasteiger partial charge on any atom is 0.304 e. The maximum atomic E-state index is 12.1. The van der Waals surface area contributed by atoms with Crippen LogP contribution in [-0.2, 0) is 20.1 Å². The van der Waals surface area contributed by atoms with Crippen LogP contribution in [0.4, 0.5) is 5.69 Å². The molecular weight excluding hydrogens is 302 g/mol. The van der Waals surface area contributed by atoms with Crippen molar-refractivity contribution in [2.75, 3.05) is 11.1 Å². The van der Waals surface area contributed by atoms with E-state index in [1.54, 1.807) is 11.8 Å². The molecular formula is C16H21NO4S. The number of carbonyl (C=O) groups excluding carboxylic acids is 1. The molecule has 0 bridgehead atoms. The van der Waals surface area contributed by atoms with Crippen LogP contribution in [0.3, 0.4) is 0 Å². The number of carboxylic acids is 1. The lowest BCUT2D eigenvalue weighted by Gasteiger charge is -2.12. The number of carbonyl (C=O) groups is 2. The van der Waals surface area contributed by atoms with Gasteiger partial charge in [0, 0.05) is 17.2 Å². The summed E-state index contributed by atoms with van der Waals surface area (Å²) < 4.78 is 5.56. The Balaban J connectivity index is 1.83. The number of hydrogen-bond acceptors (Lipinski definition) is 4. The van der Waals surface area contributed by atoms with Crippen LogP contribution in [-0.4, -0.2) is 34.9 Å². The molecule has 0 saturated carbocycles. The lowest BCUT2D eigenvalue weighted by molar-refractivity contribution is -0.136. The van der Waals surface area contributed by atoms with Crippen molar-refractivity contribution in [3.63, 3.8) is 0 Å². The molecule has 1 aromatic carbocycles. The van der Waals surface area contributed by atoms with Crippen molar-refractivity contribution in [2.45, 2.75) is 44.1 Å². The first-order chi connectivity index (χ1) is 10.5. The van der Waals surface area contributed by atoms with E-state index >= 15 is 0 Å². The minimum absolute atomic E-state index is 0.0972. The zero-order chi connectivity index (χ0) is 15.9. The molecule has 5 nitrogen and oxygen atoms in total. The van der Waals surface area contributed by atoms with Gasteiger partial charge in [-0.15, -0.1) is 0 Å². The fraction of sp³-hybridized carbons (Fsp3) is 0.500. The standard InChI is InChI=1S/C16H21NO4S/c1-11-5-6-14(21-11)16(20)17-13-4-2-3-12(9-13)10-22-8-7-15(18)19/h2-4,9,11,14H,5-8,10H2,1H3,(H,17,20)(H,18,19). The molecule has 0 spiro atoms. The van der Waals surface area contributed by atoms with Crippen molar-refractivity contribution < 1.29 is 19.4 Å². The Bertz CT molecular complexity index is 535. The Hall–Kier alpha value is -1.53. The second kappa shape index (κ2) is 8.19. The number of ether oxygens (including phenoxy) is 1. The first kappa shape index (κ1) is 16.8. The van der Waals surface area contributed by atoms with Gasteiger partial charge < -0.3 is 15.2 Å². The van der Waals surface area contributed by atoms with E-state index in [2.05, 4.69) is 5.32 Å². The number of anilines is 1. The van der Waals surface area contributed by atoms with E-state index < -0.39 is 5.97 Å². The van der Waals surface area contributed by atoms with Gasteiger partial charge in [-0.05, 0) is 37.5 Å². The number of hydrogen-bond donors (Lipinski definition) is 2. The zero-order valence-corrected chi connectivity index (χ0v) is 13.4. The average Bonchev–Trinajstić information content (AvgIpc) is 2.91. The van der Waals surface area contributed by atoms with Crippen LogP contribution in [0.25, 0.3) is 0 Å². The molecule has 0 radical (unpaired) electrons. The summed E-state index contributed by atoms with van der Waals surface area (Å²) in [7, 11) is 0. The van der Waals surface area contributed by atoms with Crippen LogP contribution < -0.4 is 5.32 Å². The highest BCUT2D eigenvalue weighted by Gasteiger charge is 2.28. The van der Waals surface area contributed by atoms with Crippen molar-refractivity contribution in [3.8, 4) is 0 Å². The largest absolute Gasteiger partial charge is 0.481 e. The van der Waals surface area contributed by atoms with Gasteiger partial charge in [-0.3, -0.25) is 9.59 Å². The van der Waals surface area contributed by atoms with Gasteiger partial charge in [0.1, 0.15) is 6.10 Å². The summed E-state index contributed by atoms with van der Waals surface area (Å²) in [5, 5.41) is 11.5. The van der Waals surface area contributed by atoms with Gasteiger partial charge in [0.25, 0.3) is 5.91 Å². The molecule has 120 valence electrons. The third kappa shape index (κ3) is 5.35. The summed E-state index contributed by atoms with van der Waals surface area (Å²) in [6, 6.07) is 7.63. The molecule has 2 atom stereocenters. The highest BCUT2D eigenvalue weighted by molar-refractivity contribution is 7.98. The predicted octanol–water partition coefficient (Wildman–Crippen LogP) is 2.90. The van der Waals surface area contributed by atoms with Gasteiger partial charge in [-0.1, -0.05) is 12.1 Å². The number of amides is 1. The Labute approximate surface area is 134 Å². The number of nitrogens with one attached hydrogen (secondary N) is 1. The van der Waals surface area contributed by atoms with Gasteiger partial charge >= 0.3 is 5.97 Å². The highest BCUT2D eigenvalue weighted by Crippen LogP contribution is 2.22. The Morgan fingerprint density at radius 1 is 1.41 bits per heavy atom. The summed E-state index contributed by atoms with van der Waals surface area (Å²) in [5.41, 5.74) is 1.82. The van der Waals surface area contributed by atoms with E-state index in [1.165, 1.54) is 0 Å². The van der Waals surface area contributed by atoms with Gasteiger partial charge in [0.2, 0.25) is 0 Å². The normalized spacial score (nSPS) is 20.8. The van der Waals surface area contributed by atoms with Crippen LogP contribution in [0.2, 0.25) is 0 Å². The fourth-order valence-corrected chi connectivity index (χ4v) is 3.19. The molecule has 1 saturated heterocycles. The van der Waals surface area contributed by atoms with Crippen molar-refractivity contribution >= 4 is 29.3 Å². The van der Waals surface area contributed by atoms with Crippen LogP contribution in [0.15, 0.2) is 24.3 Å². The number of rotatable bonds is 7. The SMILES string of the molecule is CC1CCC(C(=O)Nc2cccc(CSCCC(=O)O)c2)O1. The van der Waals surface area contributed by atoms with E-state index in [9.17, 15) is 9.59 Å². The third-order valence-electron chi connectivity index (χ3n) is 3.45. The zero-order valence-electron chi connectivity index (χ0n) is 12.6. The molecule has 1 aromatic rings. The van der Waals surface area contributed by atoms with Gasteiger partial charge in [0.15, 0.2) is 0 Å². The molecule has 2 rings (SSSR count). The Morgan fingerprint density at radius 2 is 2.23 bits per heavy atom. The van der Waals surface area contributed by atoms with Crippen molar-refractivity contribution in [2.24, 2.45) is 0 Å². The van der Waals surface area contributed by atoms with Gasteiger partial charge in [-0.25, -0.2) is 0 Å². The number of carboxylic acid groups (broad SMARTS) is 1. The molecule has 2 N–H and O–H groups in total. The predicted molar refractivity (Wildman–Crippen MR) is 87.1 cm³/mol. The molecule has 0 aromatic heterocycles. The van der Waals surface area contributed by atoms with E-state index in [4.69, 9.17) is 9.84 Å². The second-order valence-electron chi connectivity index (χ2n) is 5.40. The highest BCUT2D eigenvalue weighted by atomic mass is 32.2. The summed E-state index contributed by atoms with van der Waals surface area (Å²) in [5.74, 6) is 0.438. The van der Waals surface area contributed by atoms with Crippen molar-refractivity contribution in [1.29, 1.82) is 0 Å². The minimum atomic E-state index is -0.778. The summed E-state index contributed by atoms with van der Waals surface area (Å²) in [4.78, 5) is 22.6. The molecule has 1 aliphatic rings. The molecule has 22 heavy (non-hydrogen) atoms. The number of thioether (sulfide) groups is 1. The van der Waals surface area contributed by atoms with Crippen LogP contribution in [0.1, 0.15) is 31.7 Å². The average molecular weight is 323 g/mol. The summed E-state index contributed by atoms with van der Waals surface area (Å²) >= 11 is 1.57.